The van der Waals surface area contributed by atoms with Gasteiger partial charge in [0.2, 0.25) is 0 Å². The number of amides is 1. The van der Waals surface area contributed by atoms with Gasteiger partial charge in [-0.1, -0.05) is 22.9 Å². The fourth-order valence-electron chi connectivity index (χ4n) is 1.59. The minimum Gasteiger partial charge on any atom is -0.482 e. The first kappa shape index (κ1) is 11.4. The molecule has 0 aliphatic carbocycles. The summed E-state index contributed by atoms with van der Waals surface area (Å²) in [7, 11) is 0. The molecular formula is C11H12BrNO3. The van der Waals surface area contributed by atoms with Gasteiger partial charge in [0.1, 0.15) is 5.75 Å². The van der Waals surface area contributed by atoms with Gasteiger partial charge < -0.3 is 15.2 Å². The molecule has 5 heteroatoms. The molecule has 4 nitrogen and oxygen atoms in total. The van der Waals surface area contributed by atoms with Gasteiger partial charge in [0.15, 0.2) is 6.61 Å². The molecule has 0 radical (unpaired) electrons. The van der Waals surface area contributed by atoms with Crippen molar-refractivity contribution in [3.05, 3.63) is 22.2 Å². The zero-order valence-corrected chi connectivity index (χ0v) is 10.4. The van der Waals surface area contributed by atoms with Crippen LogP contribution in [0.25, 0.3) is 0 Å². The van der Waals surface area contributed by atoms with E-state index in [0.29, 0.717) is 17.9 Å². The molecule has 0 fully saturated rings. The van der Waals surface area contributed by atoms with E-state index in [1.807, 2.05) is 6.92 Å². The third kappa shape index (κ3) is 2.05. The van der Waals surface area contributed by atoms with Gasteiger partial charge in [-0.2, -0.15) is 0 Å². The Labute approximate surface area is 102 Å². The van der Waals surface area contributed by atoms with E-state index < -0.39 is 6.10 Å². The van der Waals surface area contributed by atoms with Gasteiger partial charge >= 0.3 is 0 Å². The van der Waals surface area contributed by atoms with Crippen LogP contribution in [0, 0.1) is 0 Å². The van der Waals surface area contributed by atoms with Crippen LogP contribution in [0.5, 0.6) is 5.75 Å². The maximum Gasteiger partial charge on any atom is 0.262 e. The fraction of sp³-hybridized carbons (Fsp3) is 0.364. The zero-order valence-electron chi connectivity index (χ0n) is 8.79. The van der Waals surface area contributed by atoms with E-state index >= 15 is 0 Å². The third-order valence-corrected chi connectivity index (χ3v) is 3.16. The summed E-state index contributed by atoms with van der Waals surface area (Å²) in [5, 5.41) is 12.5. The Morgan fingerprint density at radius 3 is 3.06 bits per heavy atom. The van der Waals surface area contributed by atoms with E-state index in [2.05, 4.69) is 21.2 Å². The van der Waals surface area contributed by atoms with Crippen molar-refractivity contribution >= 4 is 27.5 Å². The van der Waals surface area contributed by atoms with Gasteiger partial charge in [-0.05, 0) is 24.1 Å². The number of aliphatic hydroxyl groups is 1. The lowest BCUT2D eigenvalue weighted by molar-refractivity contribution is -0.118. The molecule has 1 aliphatic heterocycles. The molecule has 16 heavy (non-hydrogen) atoms. The predicted molar refractivity (Wildman–Crippen MR) is 63.5 cm³/mol. The number of ether oxygens (including phenoxy) is 1. The predicted octanol–water partition coefficient (Wildman–Crippen LogP) is 2.22. The molecule has 1 heterocycles. The monoisotopic (exact) mass is 285 g/mol. The Bertz CT molecular complexity index is 433. The van der Waals surface area contributed by atoms with E-state index in [1.165, 1.54) is 0 Å². The number of nitrogens with one attached hydrogen (secondary N) is 1. The molecule has 0 unspecified atom stereocenters. The SMILES string of the molecule is CC[C@H](O)c1cc2c(cc1Br)NC(=O)CO2. The summed E-state index contributed by atoms with van der Waals surface area (Å²) in [6.45, 7) is 1.93. The second-order valence-corrected chi connectivity index (χ2v) is 4.49. The van der Waals surface area contributed by atoms with Crippen LogP contribution in [0.4, 0.5) is 5.69 Å². The van der Waals surface area contributed by atoms with Crippen LogP contribution in [0.15, 0.2) is 16.6 Å². The lowest BCUT2D eigenvalue weighted by Crippen LogP contribution is -2.25. The summed E-state index contributed by atoms with van der Waals surface area (Å²) in [4.78, 5) is 11.1. The number of halogens is 1. The minimum atomic E-state index is -0.527. The standard InChI is InChI=1S/C11H12BrNO3/c1-2-9(14)6-3-10-8(4-7(6)12)13-11(15)5-16-10/h3-4,9,14H,2,5H2,1H3,(H,13,15)/t9-/m0/s1. The number of carbonyl (C=O) groups excluding carboxylic acids is 1. The van der Waals surface area contributed by atoms with Crippen molar-refractivity contribution in [3.8, 4) is 5.75 Å². The number of hydrogen-bond donors (Lipinski definition) is 2. The van der Waals surface area contributed by atoms with E-state index in [0.717, 1.165) is 10.0 Å². The Balaban J connectivity index is 2.41. The Hall–Kier alpha value is -1.07. The highest BCUT2D eigenvalue weighted by atomic mass is 79.9. The first-order valence-electron chi connectivity index (χ1n) is 5.06. The topological polar surface area (TPSA) is 58.6 Å². The van der Waals surface area contributed by atoms with Crippen molar-refractivity contribution in [1.29, 1.82) is 0 Å². The van der Waals surface area contributed by atoms with Crippen LogP contribution >= 0.6 is 15.9 Å². The number of aliphatic hydroxyl groups excluding tert-OH is 1. The zero-order chi connectivity index (χ0) is 11.7. The van der Waals surface area contributed by atoms with Gasteiger partial charge in [-0.3, -0.25) is 4.79 Å². The maximum atomic E-state index is 11.1. The van der Waals surface area contributed by atoms with E-state index in [9.17, 15) is 9.90 Å². The highest BCUT2D eigenvalue weighted by Gasteiger charge is 2.20. The van der Waals surface area contributed by atoms with Gasteiger partial charge in [0.25, 0.3) is 5.91 Å². The van der Waals surface area contributed by atoms with Crippen molar-refractivity contribution in [2.75, 3.05) is 11.9 Å². The molecule has 0 spiro atoms. The fourth-order valence-corrected chi connectivity index (χ4v) is 2.20. The molecule has 1 aromatic rings. The van der Waals surface area contributed by atoms with Gasteiger partial charge in [0, 0.05) is 4.47 Å². The molecule has 0 aromatic heterocycles. The van der Waals surface area contributed by atoms with Crippen LogP contribution < -0.4 is 10.1 Å². The molecule has 1 aromatic carbocycles. The van der Waals surface area contributed by atoms with Crippen molar-refractivity contribution in [3.63, 3.8) is 0 Å². The van der Waals surface area contributed by atoms with Crippen LogP contribution in [-0.4, -0.2) is 17.6 Å². The Kier molecular flexibility index (Phi) is 3.16. The van der Waals surface area contributed by atoms with E-state index in [1.54, 1.807) is 12.1 Å². The van der Waals surface area contributed by atoms with Crippen LogP contribution in [0.3, 0.4) is 0 Å². The molecule has 1 amide bonds. The summed E-state index contributed by atoms with van der Waals surface area (Å²) in [6.07, 6.45) is 0.102. The van der Waals surface area contributed by atoms with Gasteiger partial charge in [-0.25, -0.2) is 0 Å². The maximum absolute atomic E-state index is 11.1. The summed E-state index contributed by atoms with van der Waals surface area (Å²) < 4.78 is 6.05. The number of benzene rings is 1. The smallest absolute Gasteiger partial charge is 0.262 e. The largest absolute Gasteiger partial charge is 0.482 e. The van der Waals surface area contributed by atoms with Crippen molar-refractivity contribution in [1.82, 2.24) is 0 Å². The number of hydrogen-bond acceptors (Lipinski definition) is 3. The number of rotatable bonds is 2. The molecule has 0 saturated carbocycles. The van der Waals surface area contributed by atoms with Crippen LogP contribution in [0.2, 0.25) is 0 Å². The highest BCUT2D eigenvalue weighted by Crippen LogP contribution is 2.36. The molecule has 2 N–H and O–H groups in total. The molecule has 1 atom stereocenters. The summed E-state index contributed by atoms with van der Waals surface area (Å²) in [5.74, 6) is 0.438. The second-order valence-electron chi connectivity index (χ2n) is 3.63. The summed E-state index contributed by atoms with van der Waals surface area (Å²) in [5.41, 5.74) is 1.41. The van der Waals surface area contributed by atoms with Crippen molar-refractivity contribution in [2.45, 2.75) is 19.4 Å². The van der Waals surface area contributed by atoms with E-state index in [4.69, 9.17) is 4.74 Å². The van der Waals surface area contributed by atoms with Crippen LogP contribution in [0.1, 0.15) is 25.0 Å². The van der Waals surface area contributed by atoms with Crippen molar-refractivity contribution in [2.24, 2.45) is 0 Å². The van der Waals surface area contributed by atoms with Crippen LogP contribution in [-0.2, 0) is 4.79 Å². The normalized spacial score (nSPS) is 16.1. The highest BCUT2D eigenvalue weighted by molar-refractivity contribution is 9.10. The molecule has 86 valence electrons. The minimum absolute atomic E-state index is 0.0241. The summed E-state index contributed by atoms with van der Waals surface area (Å²) in [6, 6.07) is 3.51. The number of carbonyl (C=O) groups is 1. The Morgan fingerprint density at radius 1 is 1.62 bits per heavy atom. The first-order chi connectivity index (χ1) is 7.61. The quantitative estimate of drug-likeness (QED) is 0.876. The molecular weight excluding hydrogens is 274 g/mol. The molecule has 1 aliphatic rings. The average Bonchev–Trinajstić information content (AvgIpc) is 2.27. The lowest BCUT2D eigenvalue weighted by atomic mass is 10.1. The van der Waals surface area contributed by atoms with Gasteiger partial charge in [-0.15, -0.1) is 0 Å². The first-order valence-corrected chi connectivity index (χ1v) is 5.85. The van der Waals surface area contributed by atoms with E-state index in [-0.39, 0.29) is 12.5 Å². The van der Waals surface area contributed by atoms with Gasteiger partial charge in [0.05, 0.1) is 11.8 Å². The lowest BCUT2D eigenvalue weighted by Gasteiger charge is -2.20. The molecule has 2 rings (SSSR count). The van der Waals surface area contributed by atoms with Crippen molar-refractivity contribution < 1.29 is 14.6 Å². The number of fused-ring (bicyclic) bond motifs is 1. The second kappa shape index (κ2) is 4.43. The molecule has 0 saturated heterocycles. The number of anilines is 1. The Morgan fingerprint density at radius 2 is 2.38 bits per heavy atom. The molecule has 0 bridgehead atoms. The third-order valence-electron chi connectivity index (χ3n) is 2.48. The average molecular weight is 286 g/mol. The summed E-state index contributed by atoms with van der Waals surface area (Å²) >= 11 is 3.37.